The zero-order valence-corrected chi connectivity index (χ0v) is 35.6. The second-order valence-electron chi connectivity index (χ2n) is 15.9. The number of rotatable bonds is 16. The molecular formula is C41H60N6O9S2. The number of benzene rings is 1. The van der Waals surface area contributed by atoms with E-state index >= 15 is 0 Å². The molecule has 4 aliphatic rings. The number of Topliss-reactive ketones (excluding diaryl/α,β-unsaturated/α-hetero) is 1. The van der Waals surface area contributed by atoms with Crippen LogP contribution < -0.4 is 21.3 Å². The summed E-state index contributed by atoms with van der Waals surface area (Å²) >= 11 is 3.46. The maximum atomic E-state index is 14.6. The summed E-state index contributed by atoms with van der Waals surface area (Å²) in [5, 5.41) is 10.7. The Balaban J connectivity index is 1.26. The molecule has 0 aromatic heterocycles. The van der Waals surface area contributed by atoms with E-state index in [2.05, 4.69) is 21.3 Å². The van der Waals surface area contributed by atoms with Crippen LogP contribution in [0.25, 0.3) is 0 Å². The summed E-state index contributed by atoms with van der Waals surface area (Å²) in [6.07, 6.45) is 5.74. The number of morpholine rings is 1. The number of thioether (sulfide) groups is 2. The van der Waals surface area contributed by atoms with E-state index in [-0.39, 0.29) is 36.7 Å². The van der Waals surface area contributed by atoms with Crippen LogP contribution in [-0.4, -0.2) is 131 Å². The van der Waals surface area contributed by atoms with Gasteiger partial charge in [0.25, 0.3) is 5.91 Å². The molecule has 4 atom stereocenters. The molecule has 4 N–H and O–H groups in total. The van der Waals surface area contributed by atoms with Gasteiger partial charge in [-0.05, 0) is 54.6 Å². The van der Waals surface area contributed by atoms with Crippen LogP contribution in [-0.2, 0) is 38.2 Å². The minimum Gasteiger partial charge on any atom is -0.449 e. The first-order valence-corrected chi connectivity index (χ1v) is 22.7. The predicted octanol–water partition coefficient (Wildman–Crippen LogP) is 3.17. The molecule has 15 nitrogen and oxygen atoms in total. The first kappa shape index (κ1) is 45.3. The van der Waals surface area contributed by atoms with E-state index in [4.69, 9.17) is 9.47 Å². The van der Waals surface area contributed by atoms with Gasteiger partial charge in [-0.3, -0.25) is 28.8 Å². The fraction of sp³-hybridized carbons (Fsp3) is 0.683. The van der Waals surface area contributed by atoms with Crippen molar-refractivity contribution in [2.24, 2.45) is 11.8 Å². The largest absolute Gasteiger partial charge is 0.449 e. The van der Waals surface area contributed by atoms with Crippen molar-refractivity contribution in [3.05, 3.63) is 35.9 Å². The average Bonchev–Trinajstić information content (AvgIpc) is 3.61. The lowest BCUT2D eigenvalue weighted by Gasteiger charge is -2.35. The van der Waals surface area contributed by atoms with Gasteiger partial charge < -0.3 is 40.5 Å². The second kappa shape index (κ2) is 22.0. The number of nitrogens with zero attached hydrogens (tertiary/aromatic N) is 2. The summed E-state index contributed by atoms with van der Waals surface area (Å²) in [6, 6.07) is 4.73. The number of ether oxygens (including phenoxy) is 2. The highest BCUT2D eigenvalue weighted by Crippen LogP contribution is 2.50. The van der Waals surface area contributed by atoms with Crippen LogP contribution in [0.4, 0.5) is 4.79 Å². The molecule has 0 radical (unpaired) electrons. The van der Waals surface area contributed by atoms with Gasteiger partial charge in [0.2, 0.25) is 29.4 Å². The highest BCUT2D eigenvalue weighted by molar-refractivity contribution is 8.18. The van der Waals surface area contributed by atoms with E-state index in [1.165, 1.54) is 0 Å². The number of alkyl carbamates (subject to hydrolysis) is 1. The third kappa shape index (κ3) is 12.4. The summed E-state index contributed by atoms with van der Waals surface area (Å²) in [4.78, 5) is 98.6. The Labute approximate surface area is 350 Å². The predicted molar refractivity (Wildman–Crippen MR) is 222 cm³/mol. The molecule has 320 valence electrons. The number of carbonyl (C=O) groups is 7. The van der Waals surface area contributed by atoms with Crippen LogP contribution in [0.2, 0.25) is 0 Å². The summed E-state index contributed by atoms with van der Waals surface area (Å²) in [7, 11) is 0. The molecule has 3 saturated heterocycles. The molecule has 58 heavy (non-hydrogen) atoms. The van der Waals surface area contributed by atoms with Gasteiger partial charge in [-0.15, -0.1) is 23.5 Å². The first-order chi connectivity index (χ1) is 27.9. The Morgan fingerprint density at radius 3 is 2.24 bits per heavy atom. The lowest BCUT2D eigenvalue weighted by Crippen LogP contribution is -2.58. The van der Waals surface area contributed by atoms with Crippen molar-refractivity contribution in [1.82, 2.24) is 31.1 Å². The van der Waals surface area contributed by atoms with Crippen molar-refractivity contribution in [3.63, 3.8) is 0 Å². The van der Waals surface area contributed by atoms with Gasteiger partial charge in [-0.2, -0.15) is 0 Å². The van der Waals surface area contributed by atoms with Crippen molar-refractivity contribution in [2.45, 2.75) is 107 Å². The topological polar surface area (TPSA) is 193 Å². The van der Waals surface area contributed by atoms with Gasteiger partial charge in [0.15, 0.2) is 0 Å². The molecule has 1 aromatic rings. The molecule has 3 aliphatic heterocycles. The lowest BCUT2D eigenvalue weighted by molar-refractivity contribution is -0.143. The number of nitrogens with one attached hydrogen (secondary N) is 4. The molecule has 1 aromatic carbocycles. The molecule has 1 saturated carbocycles. The quantitative estimate of drug-likeness (QED) is 0.179. The second-order valence-corrected chi connectivity index (χ2v) is 19.1. The Kier molecular flexibility index (Phi) is 17.1. The summed E-state index contributed by atoms with van der Waals surface area (Å²) in [5.74, 6) is -2.09. The monoisotopic (exact) mass is 844 g/mol. The Morgan fingerprint density at radius 2 is 1.59 bits per heavy atom. The maximum Gasteiger partial charge on any atom is 0.407 e. The molecule has 4 unspecified atom stereocenters. The number of ketones is 1. The van der Waals surface area contributed by atoms with Crippen LogP contribution >= 0.6 is 23.5 Å². The fourth-order valence-electron chi connectivity index (χ4n) is 7.91. The molecular weight excluding hydrogens is 785 g/mol. The number of hydrogen-bond donors (Lipinski definition) is 4. The molecule has 6 amide bonds. The molecule has 1 spiro atoms. The summed E-state index contributed by atoms with van der Waals surface area (Å²) in [5.41, 5.74) is 0.568. The fourth-order valence-corrected chi connectivity index (χ4v) is 11.3. The average molecular weight is 845 g/mol. The Morgan fingerprint density at radius 1 is 0.897 bits per heavy atom. The molecule has 5 rings (SSSR count). The third-order valence-corrected chi connectivity index (χ3v) is 14.3. The van der Waals surface area contributed by atoms with Crippen LogP contribution in [0.3, 0.4) is 0 Å². The SMILES string of the molecule is CCCC(NC(=O)C1CC2(CN1C(=O)C(NC(=O)OCC(C)C)C1CCCCC1)SCCCS2)C(=O)C(=O)NCC(=O)NC(C(=O)N1CCOCC1)c1ccccc1. The van der Waals surface area contributed by atoms with E-state index in [1.54, 1.807) is 63.7 Å². The maximum absolute atomic E-state index is 14.6. The Bertz CT molecular complexity index is 1600. The molecule has 4 fully saturated rings. The van der Waals surface area contributed by atoms with Gasteiger partial charge in [-0.25, -0.2) is 4.79 Å². The smallest absolute Gasteiger partial charge is 0.407 e. The number of hydrogen-bond acceptors (Lipinski definition) is 11. The zero-order valence-electron chi connectivity index (χ0n) is 34.0. The van der Waals surface area contributed by atoms with Crippen molar-refractivity contribution < 1.29 is 43.0 Å². The molecule has 1 aliphatic carbocycles. The zero-order chi connectivity index (χ0) is 41.7. The highest BCUT2D eigenvalue weighted by Gasteiger charge is 2.52. The van der Waals surface area contributed by atoms with E-state index in [1.807, 2.05) is 20.8 Å². The first-order valence-electron chi connectivity index (χ1n) is 20.8. The highest BCUT2D eigenvalue weighted by atomic mass is 32.2. The van der Waals surface area contributed by atoms with Crippen LogP contribution in [0.15, 0.2) is 30.3 Å². The third-order valence-electron chi connectivity index (χ3n) is 11.0. The number of carbonyl (C=O) groups excluding carboxylic acids is 7. The van der Waals surface area contributed by atoms with Gasteiger partial charge in [0.05, 0.1) is 36.5 Å². The van der Waals surface area contributed by atoms with Crippen LogP contribution in [0, 0.1) is 11.8 Å². The normalized spacial score (nSPS) is 21.1. The number of likely N-dealkylation sites (tertiary alicyclic amines) is 1. The standard InChI is InChI=1S/C41H60N6O9S2/c1-4-12-30(35(49)37(51)42-24-32(48)44-33(28-13-7-5-8-14-28)38(52)46-17-19-55-20-18-46)43-36(50)31-23-41(57-21-11-22-58-41)26-47(31)39(53)34(29-15-9-6-10-16-29)45-40(54)56-25-27(2)3/h5,7-8,13-14,27,29-31,33-34H,4,6,9-12,15-26H2,1-3H3,(H,42,51)(H,43,50)(H,44,48)(H,45,54). The van der Waals surface area contributed by atoms with Crippen molar-refractivity contribution in [1.29, 1.82) is 0 Å². The van der Waals surface area contributed by atoms with Gasteiger partial charge >= 0.3 is 6.09 Å². The van der Waals surface area contributed by atoms with Crippen molar-refractivity contribution >= 4 is 64.9 Å². The Hall–Kier alpha value is -3.83. The van der Waals surface area contributed by atoms with E-state index in [0.29, 0.717) is 51.3 Å². The van der Waals surface area contributed by atoms with Crippen LogP contribution in [0.1, 0.15) is 90.2 Å². The molecule has 3 heterocycles. The van der Waals surface area contributed by atoms with Gasteiger partial charge in [-0.1, -0.05) is 76.8 Å². The van der Waals surface area contributed by atoms with Gasteiger partial charge in [0, 0.05) is 26.1 Å². The van der Waals surface area contributed by atoms with E-state index in [0.717, 1.165) is 50.0 Å². The lowest BCUT2D eigenvalue weighted by atomic mass is 9.83. The minimum absolute atomic E-state index is 0.114. The number of amides is 6. The van der Waals surface area contributed by atoms with E-state index < -0.39 is 64.4 Å². The van der Waals surface area contributed by atoms with E-state index in [9.17, 15) is 33.6 Å². The van der Waals surface area contributed by atoms with Crippen molar-refractivity contribution in [2.75, 3.05) is 57.5 Å². The van der Waals surface area contributed by atoms with Crippen LogP contribution in [0.5, 0.6) is 0 Å². The molecule has 17 heteroatoms. The summed E-state index contributed by atoms with van der Waals surface area (Å²) < 4.78 is 10.4. The minimum atomic E-state index is -1.21. The van der Waals surface area contributed by atoms with Gasteiger partial charge in [0.1, 0.15) is 18.1 Å². The molecule has 0 bridgehead atoms. The van der Waals surface area contributed by atoms with Crippen molar-refractivity contribution in [3.8, 4) is 0 Å². The summed E-state index contributed by atoms with van der Waals surface area (Å²) in [6.45, 7) is 7.14.